The van der Waals surface area contributed by atoms with Crippen LogP contribution < -0.4 is 10.1 Å². The van der Waals surface area contributed by atoms with Gasteiger partial charge >= 0.3 is 0 Å². The van der Waals surface area contributed by atoms with E-state index in [0.29, 0.717) is 16.5 Å². The molecule has 0 radical (unpaired) electrons. The Morgan fingerprint density at radius 2 is 1.95 bits per heavy atom. The molecule has 0 fully saturated rings. The van der Waals surface area contributed by atoms with Crippen molar-refractivity contribution in [3.8, 4) is 5.75 Å². The van der Waals surface area contributed by atoms with E-state index in [1.807, 2.05) is 13.8 Å². The molecule has 1 aromatic heterocycles. The van der Waals surface area contributed by atoms with Gasteiger partial charge in [-0.2, -0.15) is 0 Å². The fraction of sp³-hybridized carbons (Fsp3) is 0.200. The average Bonchev–Trinajstić information content (AvgIpc) is 2.45. The number of hydrogen-bond acceptors (Lipinski definition) is 3. The monoisotopic (exact) mass is 324 g/mol. The summed E-state index contributed by atoms with van der Waals surface area (Å²) in [5.74, 6) is 0.289. The highest BCUT2D eigenvalue weighted by atomic mass is 35.5. The number of carbonyl (C=O) groups excluding carboxylic acids is 1. The molecule has 4 nitrogen and oxygen atoms in total. The lowest BCUT2D eigenvalue weighted by Crippen LogP contribution is -2.20. The van der Waals surface area contributed by atoms with Crippen LogP contribution >= 0.6 is 23.2 Å². The van der Waals surface area contributed by atoms with Gasteiger partial charge in [0, 0.05) is 11.2 Å². The van der Waals surface area contributed by atoms with E-state index in [0.717, 1.165) is 11.1 Å². The fourth-order valence-corrected chi connectivity index (χ4v) is 2.08. The zero-order valence-electron chi connectivity index (χ0n) is 11.6. The number of hydrogen-bond donors (Lipinski definition) is 1. The van der Waals surface area contributed by atoms with Crippen LogP contribution in [0.4, 0.5) is 5.69 Å². The van der Waals surface area contributed by atoms with E-state index >= 15 is 0 Å². The number of halogens is 2. The number of amides is 1. The minimum absolute atomic E-state index is 0.119. The second kappa shape index (κ2) is 6.78. The molecule has 1 amide bonds. The van der Waals surface area contributed by atoms with Gasteiger partial charge in [0.25, 0.3) is 5.91 Å². The number of benzene rings is 1. The highest BCUT2D eigenvalue weighted by Crippen LogP contribution is 2.25. The van der Waals surface area contributed by atoms with Gasteiger partial charge in [-0.1, -0.05) is 23.2 Å². The number of aromatic nitrogens is 1. The predicted octanol–water partition coefficient (Wildman–Crippen LogP) is 4.02. The molecule has 0 saturated heterocycles. The molecular weight excluding hydrogens is 311 g/mol. The maximum atomic E-state index is 11.8. The van der Waals surface area contributed by atoms with Gasteiger partial charge in [0.05, 0.1) is 5.69 Å². The maximum Gasteiger partial charge on any atom is 0.262 e. The molecule has 0 aliphatic rings. The van der Waals surface area contributed by atoms with Crippen LogP contribution in [-0.4, -0.2) is 17.5 Å². The van der Waals surface area contributed by atoms with Crippen molar-refractivity contribution in [2.24, 2.45) is 0 Å². The van der Waals surface area contributed by atoms with E-state index in [1.54, 1.807) is 30.5 Å². The number of carbonyl (C=O) groups is 1. The van der Waals surface area contributed by atoms with Crippen molar-refractivity contribution >= 4 is 34.8 Å². The first-order chi connectivity index (χ1) is 9.97. The van der Waals surface area contributed by atoms with Gasteiger partial charge in [0.1, 0.15) is 5.75 Å². The Morgan fingerprint density at radius 1 is 1.29 bits per heavy atom. The van der Waals surface area contributed by atoms with Crippen molar-refractivity contribution in [1.29, 1.82) is 0 Å². The second-order valence-electron chi connectivity index (χ2n) is 4.55. The number of nitrogens with one attached hydrogen (secondary N) is 1. The van der Waals surface area contributed by atoms with Crippen LogP contribution in [0.5, 0.6) is 5.75 Å². The lowest BCUT2D eigenvalue weighted by atomic mass is 10.1. The highest BCUT2D eigenvalue weighted by Gasteiger charge is 2.08. The largest absolute Gasteiger partial charge is 0.484 e. The average molecular weight is 325 g/mol. The summed E-state index contributed by atoms with van der Waals surface area (Å²) in [5, 5.41) is 3.58. The van der Waals surface area contributed by atoms with E-state index in [-0.39, 0.29) is 17.7 Å². The van der Waals surface area contributed by atoms with Gasteiger partial charge in [0.2, 0.25) is 0 Å². The summed E-state index contributed by atoms with van der Waals surface area (Å²) in [6, 6.07) is 6.94. The molecule has 6 heteroatoms. The molecule has 0 aliphatic carbocycles. The Hall–Kier alpha value is -1.78. The van der Waals surface area contributed by atoms with Crippen LogP contribution in [0.2, 0.25) is 10.2 Å². The Balaban J connectivity index is 1.97. The number of aryl methyl sites for hydroxylation is 2. The van der Waals surface area contributed by atoms with Gasteiger partial charge in [-0.15, -0.1) is 0 Å². The third-order valence-corrected chi connectivity index (χ3v) is 3.71. The highest BCUT2D eigenvalue weighted by molar-refractivity contribution is 6.32. The number of anilines is 1. The smallest absolute Gasteiger partial charge is 0.262 e. The zero-order valence-corrected chi connectivity index (χ0v) is 13.1. The summed E-state index contributed by atoms with van der Waals surface area (Å²) >= 11 is 11.9. The summed E-state index contributed by atoms with van der Waals surface area (Å²) in [5.41, 5.74) is 2.26. The molecule has 110 valence electrons. The maximum absolute atomic E-state index is 11.8. The quantitative estimate of drug-likeness (QED) is 0.864. The van der Waals surface area contributed by atoms with E-state index in [1.165, 1.54) is 0 Å². The lowest BCUT2D eigenvalue weighted by Gasteiger charge is -2.10. The van der Waals surface area contributed by atoms with Crippen molar-refractivity contribution in [1.82, 2.24) is 4.98 Å². The second-order valence-corrected chi connectivity index (χ2v) is 5.29. The van der Waals surface area contributed by atoms with Crippen molar-refractivity contribution in [2.45, 2.75) is 13.8 Å². The fourth-order valence-electron chi connectivity index (χ4n) is 1.80. The van der Waals surface area contributed by atoms with Crippen LogP contribution in [0.25, 0.3) is 0 Å². The van der Waals surface area contributed by atoms with Crippen LogP contribution in [0.15, 0.2) is 30.5 Å². The molecule has 2 aromatic rings. The molecular formula is C15H14Cl2N2O2. The van der Waals surface area contributed by atoms with E-state index < -0.39 is 0 Å². The molecule has 21 heavy (non-hydrogen) atoms. The van der Waals surface area contributed by atoms with Crippen molar-refractivity contribution in [3.63, 3.8) is 0 Å². The Labute approximate surface area is 133 Å². The zero-order chi connectivity index (χ0) is 15.4. The first-order valence-electron chi connectivity index (χ1n) is 6.27. The summed E-state index contributed by atoms with van der Waals surface area (Å²) in [6.07, 6.45) is 1.55. The number of ether oxygens (including phenoxy) is 1. The number of nitrogens with zero attached hydrogens (tertiary/aromatic N) is 1. The van der Waals surface area contributed by atoms with Crippen molar-refractivity contribution in [3.05, 3.63) is 51.8 Å². The van der Waals surface area contributed by atoms with E-state index in [2.05, 4.69) is 10.3 Å². The topological polar surface area (TPSA) is 51.2 Å². The SMILES string of the molecule is Cc1cc(OCC(=O)Nc2cccnc2Cl)cc(C)c1Cl. The number of rotatable bonds is 4. The summed E-state index contributed by atoms with van der Waals surface area (Å²) < 4.78 is 5.46. The van der Waals surface area contributed by atoms with Gasteiger partial charge in [0.15, 0.2) is 11.8 Å². The summed E-state index contributed by atoms with van der Waals surface area (Å²) in [4.78, 5) is 15.7. The van der Waals surface area contributed by atoms with E-state index in [4.69, 9.17) is 27.9 Å². The molecule has 0 spiro atoms. The third-order valence-electron chi connectivity index (χ3n) is 2.81. The molecule has 0 aliphatic heterocycles. The van der Waals surface area contributed by atoms with Crippen LogP contribution in [0.3, 0.4) is 0 Å². The van der Waals surface area contributed by atoms with Crippen molar-refractivity contribution in [2.75, 3.05) is 11.9 Å². The first-order valence-corrected chi connectivity index (χ1v) is 7.03. The van der Waals surface area contributed by atoms with Gasteiger partial charge in [-0.3, -0.25) is 4.79 Å². The normalized spacial score (nSPS) is 10.3. The minimum Gasteiger partial charge on any atom is -0.484 e. The molecule has 1 N–H and O–H groups in total. The van der Waals surface area contributed by atoms with Gasteiger partial charge in [-0.05, 0) is 49.2 Å². The Bertz CT molecular complexity index is 651. The lowest BCUT2D eigenvalue weighted by molar-refractivity contribution is -0.118. The van der Waals surface area contributed by atoms with Crippen LogP contribution in [0.1, 0.15) is 11.1 Å². The molecule has 1 aromatic carbocycles. The first kappa shape index (κ1) is 15.6. The van der Waals surface area contributed by atoms with Gasteiger partial charge < -0.3 is 10.1 Å². The summed E-state index contributed by atoms with van der Waals surface area (Å²) in [7, 11) is 0. The molecule has 0 atom stereocenters. The Kier molecular flexibility index (Phi) is 5.04. The van der Waals surface area contributed by atoms with Crippen LogP contribution in [-0.2, 0) is 4.79 Å². The standard InChI is InChI=1S/C15H14Cl2N2O2/c1-9-6-11(7-10(2)14(9)16)21-8-13(20)19-12-4-3-5-18-15(12)17/h3-7H,8H2,1-2H3,(H,19,20). The molecule has 1 heterocycles. The van der Waals surface area contributed by atoms with Gasteiger partial charge in [-0.25, -0.2) is 4.98 Å². The third kappa shape index (κ3) is 4.09. The minimum atomic E-state index is -0.310. The molecule has 0 saturated carbocycles. The van der Waals surface area contributed by atoms with Crippen LogP contribution in [0, 0.1) is 13.8 Å². The molecule has 0 unspecified atom stereocenters. The number of pyridine rings is 1. The van der Waals surface area contributed by atoms with Crippen molar-refractivity contribution < 1.29 is 9.53 Å². The predicted molar refractivity (Wildman–Crippen MR) is 84.3 cm³/mol. The Morgan fingerprint density at radius 3 is 2.57 bits per heavy atom. The van der Waals surface area contributed by atoms with E-state index in [9.17, 15) is 4.79 Å². The molecule has 2 rings (SSSR count). The molecule has 0 bridgehead atoms. The summed E-state index contributed by atoms with van der Waals surface area (Å²) in [6.45, 7) is 3.65.